The first-order valence-corrected chi connectivity index (χ1v) is 20.9. The van der Waals surface area contributed by atoms with Gasteiger partial charge in [-0.1, -0.05) is 104 Å². The minimum absolute atomic E-state index is 0.406. The van der Waals surface area contributed by atoms with Gasteiger partial charge in [-0.25, -0.2) is 0 Å². The highest BCUT2D eigenvalue weighted by Gasteiger charge is 2.30. The lowest BCUT2D eigenvalue weighted by Crippen LogP contribution is -2.37. The van der Waals surface area contributed by atoms with E-state index in [-0.39, 0.29) is 0 Å². The van der Waals surface area contributed by atoms with Gasteiger partial charge in [-0.15, -0.1) is 0 Å². The van der Waals surface area contributed by atoms with Crippen LogP contribution in [-0.2, 0) is 9.47 Å². The molecule has 8 heteroatoms. The standard InChI is InChI=1S/C32H64N2O2S4/c1-30(2,3)11-9-8-10-29(40-39-27-20-34-17-23-36-24-18-34)28-32(7,13-12-31(4,5)6)14-25-37-38-26-19-33-15-21-35-22-16-33/h29H,8-28H2,1-7H3. The highest BCUT2D eigenvalue weighted by atomic mass is 33.1. The van der Waals surface area contributed by atoms with Crippen molar-refractivity contribution in [1.29, 1.82) is 0 Å². The van der Waals surface area contributed by atoms with Crippen molar-refractivity contribution < 1.29 is 9.47 Å². The second kappa shape index (κ2) is 20.3. The molecule has 0 radical (unpaired) electrons. The average Bonchev–Trinajstić information content (AvgIpc) is 2.90. The molecule has 2 fully saturated rings. The van der Waals surface area contributed by atoms with E-state index in [4.69, 9.17) is 9.47 Å². The van der Waals surface area contributed by atoms with Gasteiger partial charge in [-0.3, -0.25) is 9.80 Å². The van der Waals surface area contributed by atoms with Crippen molar-refractivity contribution in [2.24, 2.45) is 16.2 Å². The second-order valence-electron chi connectivity index (χ2n) is 14.7. The minimum atomic E-state index is 0.406. The molecule has 0 saturated carbocycles. The number of ether oxygens (including phenoxy) is 2. The topological polar surface area (TPSA) is 24.9 Å². The van der Waals surface area contributed by atoms with Crippen LogP contribution in [0.3, 0.4) is 0 Å². The molecule has 0 aromatic rings. The van der Waals surface area contributed by atoms with Gasteiger partial charge < -0.3 is 9.47 Å². The number of hydrogen-bond acceptors (Lipinski definition) is 8. The first-order valence-electron chi connectivity index (χ1n) is 16.1. The molecule has 2 aliphatic rings. The molecule has 2 saturated heterocycles. The van der Waals surface area contributed by atoms with Crippen LogP contribution in [0.4, 0.5) is 0 Å². The van der Waals surface area contributed by atoms with E-state index in [0.29, 0.717) is 16.2 Å². The van der Waals surface area contributed by atoms with Crippen molar-refractivity contribution >= 4 is 43.2 Å². The summed E-state index contributed by atoms with van der Waals surface area (Å²) in [6.07, 6.45) is 10.8. The van der Waals surface area contributed by atoms with Crippen molar-refractivity contribution in [2.75, 3.05) is 83.0 Å². The van der Waals surface area contributed by atoms with Crippen LogP contribution >= 0.6 is 43.2 Å². The summed E-state index contributed by atoms with van der Waals surface area (Å²) in [7, 11) is 8.58. The number of unbranched alkanes of at least 4 members (excludes halogenated alkanes) is 1. The molecule has 0 spiro atoms. The third kappa shape index (κ3) is 19.5. The first kappa shape index (κ1) is 37.4. The number of rotatable bonds is 20. The van der Waals surface area contributed by atoms with Crippen molar-refractivity contribution in [3.05, 3.63) is 0 Å². The lowest BCUT2D eigenvalue weighted by atomic mass is 9.74. The Hall–Kier alpha value is 1.24. The van der Waals surface area contributed by atoms with E-state index >= 15 is 0 Å². The lowest BCUT2D eigenvalue weighted by molar-refractivity contribution is 0.0409. The Kier molecular flexibility index (Phi) is 19.0. The monoisotopic (exact) mass is 636 g/mol. The van der Waals surface area contributed by atoms with E-state index in [0.717, 1.165) is 57.9 Å². The van der Waals surface area contributed by atoms with Crippen LogP contribution in [0.5, 0.6) is 0 Å². The van der Waals surface area contributed by atoms with Gasteiger partial charge in [-0.05, 0) is 54.8 Å². The van der Waals surface area contributed by atoms with E-state index in [1.54, 1.807) is 0 Å². The number of morpholine rings is 2. The largest absolute Gasteiger partial charge is 0.379 e. The summed E-state index contributed by atoms with van der Waals surface area (Å²) >= 11 is 0. The summed E-state index contributed by atoms with van der Waals surface area (Å²) < 4.78 is 11.0. The Morgan fingerprint density at radius 1 is 0.600 bits per heavy atom. The number of hydrogen-bond donors (Lipinski definition) is 0. The Morgan fingerprint density at radius 2 is 1.12 bits per heavy atom. The third-order valence-electron chi connectivity index (χ3n) is 8.17. The van der Waals surface area contributed by atoms with Crippen LogP contribution in [-0.4, -0.2) is 98.0 Å². The maximum atomic E-state index is 5.54. The second-order valence-corrected chi connectivity index (χ2v) is 20.2. The van der Waals surface area contributed by atoms with Gasteiger partial charge in [0, 0.05) is 61.8 Å². The molecule has 2 unspecified atom stereocenters. The average molecular weight is 637 g/mol. The fourth-order valence-corrected chi connectivity index (χ4v) is 10.6. The molecule has 0 N–H and O–H groups in total. The Labute approximate surface area is 265 Å². The van der Waals surface area contributed by atoms with Crippen LogP contribution in [0.1, 0.15) is 99.8 Å². The van der Waals surface area contributed by atoms with E-state index in [1.807, 2.05) is 0 Å². The van der Waals surface area contributed by atoms with Gasteiger partial charge in [0.05, 0.1) is 26.4 Å². The Balaban J connectivity index is 1.86. The fourth-order valence-electron chi connectivity index (χ4n) is 5.30. The van der Waals surface area contributed by atoms with Gasteiger partial charge in [0.15, 0.2) is 0 Å². The molecule has 0 amide bonds. The molecule has 4 nitrogen and oxygen atoms in total. The maximum Gasteiger partial charge on any atom is 0.0594 e. The van der Waals surface area contributed by atoms with E-state index < -0.39 is 0 Å². The van der Waals surface area contributed by atoms with Gasteiger partial charge in [0.1, 0.15) is 0 Å². The summed E-state index contributed by atoms with van der Waals surface area (Å²) in [6.45, 7) is 27.5. The van der Waals surface area contributed by atoms with Gasteiger partial charge in [0.2, 0.25) is 0 Å². The molecule has 0 bridgehead atoms. The van der Waals surface area contributed by atoms with E-state index in [2.05, 4.69) is 101 Å². The van der Waals surface area contributed by atoms with Crippen LogP contribution in [0, 0.1) is 16.2 Å². The predicted octanol–water partition coefficient (Wildman–Crippen LogP) is 9.00. The SMILES string of the molecule is CC(C)(C)CCCCC(CC(C)(CCSSCCN1CCOCC1)CCC(C)(C)C)SSCCN1CCOCC1. The van der Waals surface area contributed by atoms with Crippen molar-refractivity contribution in [3.63, 3.8) is 0 Å². The molecular formula is C32H64N2O2S4. The molecule has 0 aromatic carbocycles. The third-order valence-corrected chi connectivity index (χ3v) is 13.4. The van der Waals surface area contributed by atoms with Crippen LogP contribution in [0.15, 0.2) is 0 Å². The normalized spacial score (nSPS) is 20.5. The summed E-state index contributed by atoms with van der Waals surface area (Å²) in [5.74, 6) is 3.74. The smallest absolute Gasteiger partial charge is 0.0594 e. The Morgan fingerprint density at radius 3 is 1.68 bits per heavy atom. The number of nitrogens with zero attached hydrogens (tertiary/aromatic N) is 2. The zero-order valence-electron chi connectivity index (χ0n) is 27.3. The Bertz CT molecular complexity index is 631. The lowest BCUT2D eigenvalue weighted by Gasteiger charge is -2.36. The zero-order chi connectivity index (χ0) is 29.3. The fraction of sp³-hybridized carbons (Fsp3) is 1.00. The van der Waals surface area contributed by atoms with Gasteiger partial charge in [0.25, 0.3) is 0 Å². The summed E-state index contributed by atoms with van der Waals surface area (Å²) in [5, 5.41) is 0.763. The predicted molar refractivity (Wildman–Crippen MR) is 187 cm³/mol. The molecule has 0 aliphatic carbocycles. The highest BCUT2D eigenvalue weighted by Crippen LogP contribution is 2.44. The van der Waals surface area contributed by atoms with Gasteiger partial charge >= 0.3 is 0 Å². The quantitative estimate of drug-likeness (QED) is 0.0965. The minimum Gasteiger partial charge on any atom is -0.379 e. The van der Waals surface area contributed by atoms with Crippen LogP contribution in [0.25, 0.3) is 0 Å². The maximum absolute atomic E-state index is 5.54. The van der Waals surface area contributed by atoms with Crippen molar-refractivity contribution in [3.8, 4) is 0 Å². The molecule has 238 valence electrons. The van der Waals surface area contributed by atoms with E-state index in [9.17, 15) is 0 Å². The van der Waals surface area contributed by atoms with Crippen LogP contribution in [0.2, 0.25) is 0 Å². The van der Waals surface area contributed by atoms with Gasteiger partial charge in [-0.2, -0.15) is 0 Å². The molecule has 2 aliphatic heterocycles. The summed E-state index contributed by atoms with van der Waals surface area (Å²) in [5.41, 5.74) is 1.29. The zero-order valence-corrected chi connectivity index (χ0v) is 30.5. The molecule has 2 atom stereocenters. The van der Waals surface area contributed by atoms with Crippen LogP contribution < -0.4 is 0 Å². The molecule has 2 rings (SSSR count). The molecular weight excluding hydrogens is 573 g/mol. The van der Waals surface area contributed by atoms with Crippen molar-refractivity contribution in [2.45, 2.75) is 105 Å². The summed E-state index contributed by atoms with van der Waals surface area (Å²) in [6, 6.07) is 0. The molecule has 2 heterocycles. The summed E-state index contributed by atoms with van der Waals surface area (Å²) in [4.78, 5) is 5.14. The molecule has 40 heavy (non-hydrogen) atoms. The van der Waals surface area contributed by atoms with E-state index in [1.165, 1.54) is 81.7 Å². The first-order chi connectivity index (χ1) is 18.9. The van der Waals surface area contributed by atoms with Crippen molar-refractivity contribution in [1.82, 2.24) is 9.80 Å². The molecule has 0 aromatic heterocycles. The highest BCUT2D eigenvalue weighted by molar-refractivity contribution is 8.77.